The van der Waals surface area contributed by atoms with Gasteiger partial charge in [-0.1, -0.05) is 30.3 Å². The molecule has 1 aromatic carbocycles. The summed E-state index contributed by atoms with van der Waals surface area (Å²) >= 11 is 0. The Morgan fingerprint density at radius 3 is 2.83 bits per heavy atom. The molecule has 1 fully saturated rings. The molecule has 0 bridgehead atoms. The molecule has 2 rings (SSSR count). The number of hydrogen-bond donors (Lipinski definition) is 1. The van der Waals surface area contributed by atoms with Crippen molar-refractivity contribution in [2.45, 2.75) is 32.5 Å². The summed E-state index contributed by atoms with van der Waals surface area (Å²) in [7, 11) is 3.91. The number of ether oxygens (including phenoxy) is 1. The molecule has 0 saturated carbocycles. The van der Waals surface area contributed by atoms with Crippen molar-refractivity contribution in [1.82, 2.24) is 15.1 Å². The SMILES string of the molecule is CN=C(NCC(C)N1CCOCC1C)N(C)Cc1ccccc1. The average molecular weight is 318 g/mol. The molecule has 5 nitrogen and oxygen atoms in total. The molecule has 1 N–H and O–H groups in total. The Bertz CT molecular complexity index is 491. The van der Waals surface area contributed by atoms with Crippen LogP contribution in [0.25, 0.3) is 0 Å². The van der Waals surface area contributed by atoms with Crippen molar-refractivity contribution in [2.24, 2.45) is 4.99 Å². The number of nitrogens with one attached hydrogen (secondary N) is 1. The topological polar surface area (TPSA) is 40.1 Å². The fourth-order valence-electron chi connectivity index (χ4n) is 3.07. The van der Waals surface area contributed by atoms with Crippen LogP contribution in [0, 0.1) is 0 Å². The van der Waals surface area contributed by atoms with Gasteiger partial charge in [-0.15, -0.1) is 0 Å². The van der Waals surface area contributed by atoms with Crippen LogP contribution in [0.4, 0.5) is 0 Å². The molecule has 0 amide bonds. The molecule has 5 heteroatoms. The Balaban J connectivity index is 1.84. The van der Waals surface area contributed by atoms with E-state index in [-0.39, 0.29) is 0 Å². The van der Waals surface area contributed by atoms with E-state index in [1.165, 1.54) is 5.56 Å². The molecule has 0 radical (unpaired) electrons. The van der Waals surface area contributed by atoms with Crippen LogP contribution in [0.2, 0.25) is 0 Å². The van der Waals surface area contributed by atoms with Crippen LogP contribution in [0.15, 0.2) is 35.3 Å². The van der Waals surface area contributed by atoms with Crippen LogP contribution < -0.4 is 5.32 Å². The highest BCUT2D eigenvalue weighted by Crippen LogP contribution is 2.10. The summed E-state index contributed by atoms with van der Waals surface area (Å²) in [5.74, 6) is 0.932. The Labute approximate surface area is 140 Å². The van der Waals surface area contributed by atoms with Crippen molar-refractivity contribution in [3.05, 3.63) is 35.9 Å². The number of morpholine rings is 1. The summed E-state index contributed by atoms with van der Waals surface area (Å²) in [5, 5.41) is 3.50. The first-order valence-corrected chi connectivity index (χ1v) is 8.41. The van der Waals surface area contributed by atoms with E-state index < -0.39 is 0 Å². The first kappa shape index (κ1) is 17.8. The fraction of sp³-hybridized carbons (Fsp3) is 0.611. The van der Waals surface area contributed by atoms with E-state index in [1.807, 2.05) is 13.1 Å². The number of guanidine groups is 1. The second kappa shape index (κ2) is 8.89. The smallest absolute Gasteiger partial charge is 0.193 e. The van der Waals surface area contributed by atoms with Gasteiger partial charge >= 0.3 is 0 Å². The minimum absolute atomic E-state index is 0.454. The van der Waals surface area contributed by atoms with E-state index in [2.05, 4.69) is 65.3 Å². The zero-order chi connectivity index (χ0) is 16.7. The molecule has 23 heavy (non-hydrogen) atoms. The molecule has 0 spiro atoms. The average Bonchev–Trinajstić information content (AvgIpc) is 2.56. The summed E-state index contributed by atoms with van der Waals surface area (Å²) in [6.07, 6.45) is 0. The zero-order valence-electron chi connectivity index (χ0n) is 14.8. The van der Waals surface area contributed by atoms with E-state index in [0.29, 0.717) is 12.1 Å². The summed E-state index contributed by atoms with van der Waals surface area (Å²) in [4.78, 5) is 9.07. The second-order valence-electron chi connectivity index (χ2n) is 6.28. The van der Waals surface area contributed by atoms with E-state index in [4.69, 9.17) is 4.74 Å². The molecule has 1 heterocycles. The lowest BCUT2D eigenvalue weighted by molar-refractivity contribution is -0.0175. The van der Waals surface area contributed by atoms with E-state index >= 15 is 0 Å². The third kappa shape index (κ3) is 5.22. The van der Waals surface area contributed by atoms with Gasteiger partial charge in [-0.3, -0.25) is 9.89 Å². The van der Waals surface area contributed by atoms with Crippen molar-refractivity contribution >= 4 is 5.96 Å². The Hall–Kier alpha value is -1.59. The highest BCUT2D eigenvalue weighted by molar-refractivity contribution is 5.79. The molecule has 1 aliphatic heterocycles. The van der Waals surface area contributed by atoms with Gasteiger partial charge in [-0.2, -0.15) is 0 Å². The van der Waals surface area contributed by atoms with Gasteiger partial charge in [-0.25, -0.2) is 0 Å². The van der Waals surface area contributed by atoms with Gasteiger partial charge in [0.25, 0.3) is 0 Å². The number of nitrogens with zero attached hydrogens (tertiary/aromatic N) is 3. The number of hydrogen-bond acceptors (Lipinski definition) is 3. The van der Waals surface area contributed by atoms with Crippen LogP contribution in [0.1, 0.15) is 19.4 Å². The largest absolute Gasteiger partial charge is 0.379 e. The van der Waals surface area contributed by atoms with Crippen molar-refractivity contribution in [1.29, 1.82) is 0 Å². The highest BCUT2D eigenvalue weighted by Gasteiger charge is 2.23. The molecule has 1 aromatic rings. The highest BCUT2D eigenvalue weighted by atomic mass is 16.5. The standard InChI is InChI=1S/C18H30N4O/c1-15(22-10-11-23-14-16(22)2)12-20-18(19-3)21(4)13-17-8-6-5-7-9-17/h5-9,15-16H,10-14H2,1-4H3,(H,19,20). The molecule has 1 saturated heterocycles. The molecular formula is C18H30N4O. The van der Waals surface area contributed by atoms with Gasteiger partial charge in [-0.05, 0) is 19.4 Å². The number of rotatable bonds is 5. The Kier molecular flexibility index (Phi) is 6.86. The van der Waals surface area contributed by atoms with Crippen LogP contribution >= 0.6 is 0 Å². The van der Waals surface area contributed by atoms with Crippen molar-refractivity contribution in [2.75, 3.05) is 40.4 Å². The van der Waals surface area contributed by atoms with E-state index in [9.17, 15) is 0 Å². The maximum atomic E-state index is 5.52. The molecule has 2 atom stereocenters. The summed E-state index contributed by atoms with van der Waals surface area (Å²) in [6, 6.07) is 11.4. The first-order chi connectivity index (χ1) is 11.1. The van der Waals surface area contributed by atoms with Gasteiger partial charge < -0.3 is 15.0 Å². The van der Waals surface area contributed by atoms with Gasteiger partial charge in [0.2, 0.25) is 0 Å². The van der Waals surface area contributed by atoms with Crippen molar-refractivity contribution < 1.29 is 4.74 Å². The van der Waals surface area contributed by atoms with Gasteiger partial charge in [0.05, 0.1) is 13.2 Å². The summed E-state index contributed by atoms with van der Waals surface area (Å²) in [6.45, 7) is 8.89. The van der Waals surface area contributed by atoms with Crippen LogP contribution in [0.5, 0.6) is 0 Å². The molecular weight excluding hydrogens is 288 g/mol. The van der Waals surface area contributed by atoms with E-state index in [1.54, 1.807) is 0 Å². The van der Waals surface area contributed by atoms with Gasteiger partial charge in [0.15, 0.2) is 5.96 Å². The Morgan fingerprint density at radius 2 is 2.17 bits per heavy atom. The minimum Gasteiger partial charge on any atom is -0.379 e. The maximum absolute atomic E-state index is 5.52. The van der Waals surface area contributed by atoms with Gasteiger partial charge in [0.1, 0.15) is 0 Å². The minimum atomic E-state index is 0.454. The van der Waals surface area contributed by atoms with Crippen LogP contribution in [0.3, 0.4) is 0 Å². The molecule has 0 aromatic heterocycles. The van der Waals surface area contributed by atoms with Crippen LogP contribution in [-0.2, 0) is 11.3 Å². The monoisotopic (exact) mass is 318 g/mol. The van der Waals surface area contributed by atoms with Crippen molar-refractivity contribution in [3.8, 4) is 0 Å². The molecule has 1 aliphatic rings. The third-order valence-corrected chi connectivity index (χ3v) is 4.38. The molecule has 0 aliphatic carbocycles. The van der Waals surface area contributed by atoms with Gasteiger partial charge in [0, 0.05) is 45.8 Å². The lowest BCUT2D eigenvalue weighted by Gasteiger charge is -2.38. The first-order valence-electron chi connectivity index (χ1n) is 8.41. The predicted molar refractivity (Wildman–Crippen MR) is 95.7 cm³/mol. The Morgan fingerprint density at radius 1 is 1.43 bits per heavy atom. The van der Waals surface area contributed by atoms with Crippen LogP contribution in [-0.4, -0.2) is 68.2 Å². The zero-order valence-corrected chi connectivity index (χ0v) is 14.8. The summed E-state index contributed by atoms with van der Waals surface area (Å²) in [5.41, 5.74) is 1.28. The van der Waals surface area contributed by atoms with E-state index in [0.717, 1.165) is 38.8 Å². The molecule has 128 valence electrons. The lowest BCUT2D eigenvalue weighted by atomic mass is 10.2. The summed E-state index contributed by atoms with van der Waals surface area (Å²) < 4.78 is 5.52. The predicted octanol–water partition coefficient (Wildman–Crippen LogP) is 1.80. The molecule has 2 unspecified atom stereocenters. The maximum Gasteiger partial charge on any atom is 0.193 e. The number of benzene rings is 1. The number of aliphatic imine (C=N–C) groups is 1. The second-order valence-corrected chi connectivity index (χ2v) is 6.28. The normalized spacial score (nSPS) is 21.0. The quantitative estimate of drug-likeness (QED) is 0.664. The lowest BCUT2D eigenvalue weighted by Crippen LogP contribution is -2.53. The fourth-order valence-corrected chi connectivity index (χ4v) is 3.07. The third-order valence-electron chi connectivity index (χ3n) is 4.38. The van der Waals surface area contributed by atoms with Crippen molar-refractivity contribution in [3.63, 3.8) is 0 Å².